The first-order valence-electron chi connectivity index (χ1n) is 18.5. The summed E-state index contributed by atoms with van der Waals surface area (Å²) in [4.78, 5) is 16.7. The minimum absolute atomic E-state index is 0. The number of hydrogen-bond acceptors (Lipinski definition) is 4. The van der Waals surface area contributed by atoms with Crippen molar-refractivity contribution < 1.29 is 30.0 Å². The summed E-state index contributed by atoms with van der Waals surface area (Å²) in [5.41, 5.74) is 7.01. The predicted molar refractivity (Wildman–Crippen MR) is 212 cm³/mol. The van der Waals surface area contributed by atoms with E-state index in [-0.39, 0.29) is 54.3 Å². The van der Waals surface area contributed by atoms with Crippen molar-refractivity contribution in [2.75, 3.05) is 0 Å². The van der Waals surface area contributed by atoms with Crippen LogP contribution in [-0.2, 0) is 35.7 Å². The summed E-state index contributed by atoms with van der Waals surface area (Å²) in [6.45, 7) is 22.3. The molecule has 0 bridgehead atoms. The summed E-state index contributed by atoms with van der Waals surface area (Å²) in [5, 5.41) is 14.9. The first kappa shape index (κ1) is 39.9. The Hall–Kier alpha value is -2.85. The maximum atomic E-state index is 11.7. The second-order valence-corrected chi connectivity index (χ2v) is 16.6. The van der Waals surface area contributed by atoms with E-state index in [9.17, 15) is 9.90 Å². The fourth-order valence-electron chi connectivity index (χ4n) is 7.72. The number of carbonyl (C=O) groups is 1. The number of carbonyl (C=O) groups excluding carboxylic acids is 1. The van der Waals surface area contributed by atoms with E-state index >= 15 is 0 Å². The second-order valence-electron chi connectivity index (χ2n) is 15.6. The molecule has 0 amide bonds. The Labute approximate surface area is 318 Å². The Balaban J connectivity index is 0.000000301. The molecule has 269 valence electrons. The zero-order valence-electron chi connectivity index (χ0n) is 31.8. The van der Waals surface area contributed by atoms with E-state index in [1.165, 1.54) is 61.0 Å². The van der Waals surface area contributed by atoms with Gasteiger partial charge in [0.05, 0.1) is 5.76 Å². The van der Waals surface area contributed by atoms with Crippen molar-refractivity contribution in [3.05, 3.63) is 89.3 Å². The van der Waals surface area contributed by atoms with Gasteiger partial charge in [-0.3, -0.25) is 9.78 Å². The molecule has 0 fully saturated rings. The van der Waals surface area contributed by atoms with E-state index in [0.29, 0.717) is 5.92 Å². The van der Waals surface area contributed by atoms with Gasteiger partial charge in [-0.1, -0.05) is 111 Å². The molecular formula is C45H56IrNO2S-. The number of aliphatic hydroxyl groups is 1. The molecular weight excluding hydrogens is 811 g/mol. The third-order valence-corrected chi connectivity index (χ3v) is 12.3. The first-order valence-corrected chi connectivity index (χ1v) is 19.3. The molecule has 6 rings (SSSR count). The number of allylic oxidation sites excluding steroid dienone is 2. The van der Waals surface area contributed by atoms with Gasteiger partial charge >= 0.3 is 0 Å². The van der Waals surface area contributed by atoms with E-state index in [1.54, 1.807) is 5.56 Å². The minimum atomic E-state index is 0. The molecule has 2 aromatic heterocycles. The number of hydrogen-bond donors (Lipinski definition) is 1. The largest absolute Gasteiger partial charge is 0.512 e. The molecule has 0 saturated heterocycles. The van der Waals surface area contributed by atoms with Crippen LogP contribution in [0.4, 0.5) is 0 Å². The zero-order chi connectivity index (χ0) is 35.7. The van der Waals surface area contributed by atoms with Crippen molar-refractivity contribution in [2.45, 2.75) is 125 Å². The summed E-state index contributed by atoms with van der Waals surface area (Å²) >= 11 is 1.94. The van der Waals surface area contributed by atoms with Gasteiger partial charge in [-0.25, -0.2) is 0 Å². The van der Waals surface area contributed by atoms with Crippen LogP contribution in [-0.4, -0.2) is 15.9 Å². The van der Waals surface area contributed by atoms with Crippen LogP contribution in [0.15, 0.2) is 66.6 Å². The Morgan fingerprint density at radius 2 is 1.48 bits per heavy atom. The summed E-state index contributed by atoms with van der Waals surface area (Å²) in [7, 11) is 0. The number of fused-ring (bicyclic) bond motifs is 6. The van der Waals surface area contributed by atoms with E-state index in [0.717, 1.165) is 36.9 Å². The van der Waals surface area contributed by atoms with Crippen LogP contribution in [0.25, 0.3) is 42.2 Å². The van der Waals surface area contributed by atoms with Crippen LogP contribution in [0.5, 0.6) is 0 Å². The molecule has 5 heteroatoms. The van der Waals surface area contributed by atoms with E-state index < -0.39 is 0 Å². The molecule has 1 aliphatic carbocycles. The van der Waals surface area contributed by atoms with Crippen LogP contribution in [0.3, 0.4) is 0 Å². The topological polar surface area (TPSA) is 50.2 Å². The molecule has 1 radical (unpaired) electrons. The molecule has 1 aliphatic rings. The van der Waals surface area contributed by atoms with Crippen molar-refractivity contribution in [1.29, 1.82) is 0 Å². The Bertz CT molecular complexity index is 1990. The summed E-state index contributed by atoms with van der Waals surface area (Å²) < 4.78 is 2.73. The Morgan fingerprint density at radius 1 is 0.860 bits per heavy atom. The fraction of sp³-hybridized carbons (Fsp3) is 0.467. The molecule has 5 aromatic rings. The smallest absolute Gasteiger partial charge is 0.162 e. The third kappa shape index (κ3) is 7.81. The molecule has 50 heavy (non-hydrogen) atoms. The van der Waals surface area contributed by atoms with Gasteiger partial charge in [-0.05, 0) is 77.9 Å². The van der Waals surface area contributed by atoms with Crippen LogP contribution < -0.4 is 0 Å². The van der Waals surface area contributed by atoms with Gasteiger partial charge in [0.25, 0.3) is 0 Å². The molecule has 3 aromatic carbocycles. The standard InChI is InChI=1S/C32H32NS.C13H24O2.Ir/c1-19(2)25-18-21(17-20-9-7-8-10-22(20)25)28-30-24(13-16-33-28)23-11-12-26-27(29(23)34-30)32(5,6)15-14-31(26,3)4;1-5-10(6-2)12(14)9-13(15)11(7-3)8-4;/h7-13,16,18-19H,14-15H2,1-6H3;9-11,14H,5-8H2,1-4H3;/q-1;;/b;12-9-;. The maximum absolute atomic E-state index is 11.7. The van der Waals surface area contributed by atoms with E-state index in [1.807, 2.05) is 45.2 Å². The fourth-order valence-corrected chi connectivity index (χ4v) is 9.25. The van der Waals surface area contributed by atoms with Gasteiger partial charge in [0, 0.05) is 64.7 Å². The van der Waals surface area contributed by atoms with Gasteiger partial charge in [0.2, 0.25) is 0 Å². The first-order chi connectivity index (χ1) is 23.3. The average molecular weight is 867 g/mol. The van der Waals surface area contributed by atoms with Gasteiger partial charge in [0.1, 0.15) is 0 Å². The molecule has 0 saturated carbocycles. The molecule has 0 spiro atoms. The third-order valence-electron chi connectivity index (χ3n) is 11.1. The SMILES string of the molecule is CC(C)c1cc(-c2nccc3c2sc2c4c(ccc23)C(C)(C)CCC4(C)C)[c-]c2ccccc12.CCC(CC)C(=O)/C=C(\O)C(CC)CC.[Ir]. The molecule has 0 unspecified atom stereocenters. The quantitative estimate of drug-likeness (QED) is 0.0912. The molecule has 0 atom stereocenters. The monoisotopic (exact) mass is 867 g/mol. The van der Waals surface area contributed by atoms with Gasteiger partial charge in [-0.15, -0.1) is 40.5 Å². The second kappa shape index (κ2) is 16.2. The number of nitrogens with zero attached hydrogens (tertiary/aromatic N) is 1. The number of rotatable bonds is 9. The zero-order valence-corrected chi connectivity index (χ0v) is 35.0. The van der Waals surface area contributed by atoms with Crippen LogP contribution in [0.1, 0.15) is 130 Å². The number of ketones is 1. The molecule has 3 nitrogen and oxygen atoms in total. The molecule has 2 heterocycles. The number of benzene rings is 3. The Kier molecular flexibility index (Phi) is 13.0. The normalized spacial score (nSPS) is 15.3. The van der Waals surface area contributed by atoms with Gasteiger partial charge in [0.15, 0.2) is 5.78 Å². The van der Waals surface area contributed by atoms with Crippen molar-refractivity contribution in [2.24, 2.45) is 11.8 Å². The van der Waals surface area contributed by atoms with Gasteiger partial charge < -0.3 is 5.11 Å². The summed E-state index contributed by atoms with van der Waals surface area (Å²) in [5.74, 6) is 0.987. The number of thiophene rings is 1. The predicted octanol–water partition coefficient (Wildman–Crippen LogP) is 13.4. The molecule has 0 aliphatic heterocycles. The van der Waals surface area contributed by atoms with E-state index in [4.69, 9.17) is 4.98 Å². The summed E-state index contributed by atoms with van der Waals surface area (Å²) in [6, 6.07) is 21.6. The van der Waals surface area contributed by atoms with Crippen LogP contribution in [0.2, 0.25) is 0 Å². The number of pyridine rings is 1. The minimum Gasteiger partial charge on any atom is -0.512 e. The van der Waals surface area contributed by atoms with E-state index in [2.05, 4.69) is 96.1 Å². The van der Waals surface area contributed by atoms with Crippen molar-refractivity contribution in [3.8, 4) is 11.3 Å². The number of aromatic nitrogens is 1. The van der Waals surface area contributed by atoms with Crippen molar-refractivity contribution in [1.82, 2.24) is 4.98 Å². The van der Waals surface area contributed by atoms with Crippen molar-refractivity contribution in [3.63, 3.8) is 0 Å². The average Bonchev–Trinajstić information content (AvgIpc) is 3.46. The molecule has 1 N–H and O–H groups in total. The maximum Gasteiger partial charge on any atom is 0.162 e. The van der Waals surface area contributed by atoms with Crippen molar-refractivity contribution >= 4 is 48.1 Å². The van der Waals surface area contributed by atoms with Crippen LogP contribution >= 0.6 is 11.3 Å². The number of aliphatic hydroxyl groups excluding tert-OH is 1. The van der Waals surface area contributed by atoms with Gasteiger partial charge in [-0.2, -0.15) is 0 Å². The summed E-state index contributed by atoms with van der Waals surface area (Å²) in [6.07, 6.45) is 9.35. The Morgan fingerprint density at radius 3 is 2.12 bits per heavy atom. The van der Waals surface area contributed by atoms with Crippen LogP contribution in [0, 0.1) is 17.9 Å².